The normalized spacial score (nSPS) is 14.7. The van der Waals surface area contributed by atoms with Gasteiger partial charge in [0.1, 0.15) is 5.82 Å². The summed E-state index contributed by atoms with van der Waals surface area (Å²) in [6.45, 7) is 0. The molecule has 1 aromatic carbocycles. The van der Waals surface area contributed by atoms with E-state index in [1.54, 1.807) is 29.6 Å². The molecule has 3 aromatic rings. The number of carbonyl (C=O) groups is 2. The lowest BCUT2D eigenvalue weighted by atomic mass is 10.0. The highest BCUT2D eigenvalue weighted by Gasteiger charge is 2.54. The quantitative estimate of drug-likeness (QED) is 0.676. The molecule has 2 heterocycles. The van der Waals surface area contributed by atoms with Gasteiger partial charge in [-0.15, -0.1) is 11.3 Å². The van der Waals surface area contributed by atoms with Crippen molar-refractivity contribution < 1.29 is 18.5 Å². The molecule has 2 aromatic heterocycles. The van der Waals surface area contributed by atoms with E-state index >= 15 is 0 Å². The van der Waals surface area contributed by atoms with Crippen molar-refractivity contribution in [3.05, 3.63) is 52.9 Å². The molecule has 0 radical (unpaired) electrons. The first kappa shape index (κ1) is 17.3. The lowest BCUT2D eigenvalue weighted by Crippen LogP contribution is -2.28. The van der Waals surface area contributed by atoms with Gasteiger partial charge in [0.15, 0.2) is 10.9 Å². The number of aromatic nitrogens is 2. The molecule has 0 spiro atoms. The molecular weight excluding hydrogens is 371 g/mol. The fraction of sp³-hybridized carbons (Fsp3) is 0.222. The molecule has 0 aliphatic heterocycles. The highest BCUT2D eigenvalue weighted by atomic mass is 32.1. The van der Waals surface area contributed by atoms with Crippen LogP contribution >= 0.6 is 11.3 Å². The molecular formula is C18H15FN4O3S. The van der Waals surface area contributed by atoms with Crippen LogP contribution in [0.1, 0.15) is 24.2 Å². The van der Waals surface area contributed by atoms with Crippen molar-refractivity contribution in [2.75, 3.05) is 5.32 Å². The second kappa shape index (κ2) is 6.58. The standard InChI is InChI=1S/C18H15FN4O3S/c19-12-4-2-1-3-11(12)13-8-14(23-26-13)18(5-6-18)16(25)22-17-21-10(9-27-17)7-15(20)24/h1-4,8-9H,5-7H2,(H2,20,24)(H,21,22,25). The summed E-state index contributed by atoms with van der Waals surface area (Å²) < 4.78 is 19.2. The number of benzene rings is 1. The third-order valence-electron chi connectivity index (χ3n) is 4.45. The van der Waals surface area contributed by atoms with E-state index in [2.05, 4.69) is 15.5 Å². The summed E-state index contributed by atoms with van der Waals surface area (Å²) in [6, 6.07) is 7.82. The lowest BCUT2D eigenvalue weighted by molar-refractivity contribution is -0.119. The average Bonchev–Trinajstić information content (AvgIpc) is 3.09. The molecule has 138 valence electrons. The predicted octanol–water partition coefficient (Wildman–Crippen LogP) is 2.64. The highest BCUT2D eigenvalue weighted by molar-refractivity contribution is 7.14. The van der Waals surface area contributed by atoms with Gasteiger partial charge in [0, 0.05) is 11.4 Å². The number of hydrogen-bond acceptors (Lipinski definition) is 6. The third kappa shape index (κ3) is 3.33. The van der Waals surface area contributed by atoms with E-state index in [-0.39, 0.29) is 18.1 Å². The number of nitrogens with one attached hydrogen (secondary N) is 1. The molecule has 1 aliphatic rings. The van der Waals surface area contributed by atoms with Crippen LogP contribution in [0.4, 0.5) is 9.52 Å². The number of primary amides is 1. The van der Waals surface area contributed by atoms with Gasteiger partial charge < -0.3 is 15.6 Å². The smallest absolute Gasteiger partial charge is 0.238 e. The van der Waals surface area contributed by atoms with Gasteiger partial charge in [-0.25, -0.2) is 9.37 Å². The summed E-state index contributed by atoms with van der Waals surface area (Å²) in [5, 5.41) is 8.81. The minimum atomic E-state index is -0.803. The molecule has 0 bridgehead atoms. The van der Waals surface area contributed by atoms with E-state index in [4.69, 9.17) is 10.3 Å². The van der Waals surface area contributed by atoms with Gasteiger partial charge in [-0.1, -0.05) is 17.3 Å². The second-order valence-electron chi connectivity index (χ2n) is 6.38. The van der Waals surface area contributed by atoms with Crippen LogP contribution in [0.25, 0.3) is 11.3 Å². The summed E-state index contributed by atoms with van der Waals surface area (Å²) in [5.41, 5.74) is 5.61. The monoisotopic (exact) mass is 386 g/mol. The van der Waals surface area contributed by atoms with Crippen LogP contribution in [-0.4, -0.2) is 22.0 Å². The van der Waals surface area contributed by atoms with Crippen LogP contribution in [0, 0.1) is 5.82 Å². The topological polar surface area (TPSA) is 111 Å². The molecule has 7 nitrogen and oxygen atoms in total. The Morgan fingerprint density at radius 2 is 2.11 bits per heavy atom. The summed E-state index contributed by atoms with van der Waals surface area (Å²) in [7, 11) is 0. The van der Waals surface area contributed by atoms with E-state index < -0.39 is 17.1 Å². The Labute approximate surface area is 157 Å². The molecule has 4 rings (SSSR count). The number of anilines is 1. The molecule has 3 N–H and O–H groups in total. The number of nitrogens with two attached hydrogens (primary N) is 1. The number of rotatable bonds is 6. The average molecular weight is 386 g/mol. The molecule has 9 heteroatoms. The number of amides is 2. The Balaban J connectivity index is 1.52. The number of hydrogen-bond donors (Lipinski definition) is 2. The van der Waals surface area contributed by atoms with Crippen LogP contribution in [-0.2, 0) is 21.4 Å². The maximum Gasteiger partial charge on any atom is 0.238 e. The molecule has 1 fully saturated rings. The SMILES string of the molecule is NC(=O)Cc1csc(NC(=O)C2(c3cc(-c4ccccc4F)on3)CC2)n1. The van der Waals surface area contributed by atoms with E-state index in [0.29, 0.717) is 34.9 Å². The summed E-state index contributed by atoms with van der Waals surface area (Å²) in [6.07, 6.45) is 1.25. The van der Waals surface area contributed by atoms with Crippen molar-refractivity contribution in [2.24, 2.45) is 5.73 Å². The molecule has 0 unspecified atom stereocenters. The fourth-order valence-corrected chi connectivity index (χ4v) is 3.56. The third-order valence-corrected chi connectivity index (χ3v) is 5.26. The first-order chi connectivity index (χ1) is 13.0. The first-order valence-electron chi connectivity index (χ1n) is 8.24. The Hall–Kier alpha value is -3.07. The summed E-state index contributed by atoms with van der Waals surface area (Å²) in [4.78, 5) is 27.9. The van der Waals surface area contributed by atoms with E-state index in [9.17, 15) is 14.0 Å². The van der Waals surface area contributed by atoms with E-state index in [1.807, 2.05) is 0 Å². The molecule has 1 saturated carbocycles. The first-order valence-corrected chi connectivity index (χ1v) is 9.12. The van der Waals surface area contributed by atoms with Gasteiger partial charge in [0.05, 0.1) is 28.8 Å². The minimum Gasteiger partial charge on any atom is -0.369 e. The number of thiazole rings is 1. The van der Waals surface area contributed by atoms with Crippen molar-refractivity contribution in [1.82, 2.24) is 10.1 Å². The Bertz CT molecular complexity index is 1030. The lowest BCUT2D eigenvalue weighted by Gasteiger charge is -2.10. The van der Waals surface area contributed by atoms with Crippen molar-refractivity contribution in [3.8, 4) is 11.3 Å². The van der Waals surface area contributed by atoms with Gasteiger partial charge in [-0.05, 0) is 25.0 Å². The number of halogens is 1. The van der Waals surface area contributed by atoms with Crippen LogP contribution in [0.3, 0.4) is 0 Å². The van der Waals surface area contributed by atoms with Crippen molar-refractivity contribution >= 4 is 28.3 Å². The van der Waals surface area contributed by atoms with E-state index in [0.717, 1.165) is 0 Å². The maximum absolute atomic E-state index is 13.9. The van der Waals surface area contributed by atoms with Crippen molar-refractivity contribution in [2.45, 2.75) is 24.7 Å². The van der Waals surface area contributed by atoms with Gasteiger partial charge in [-0.3, -0.25) is 9.59 Å². The fourth-order valence-electron chi connectivity index (χ4n) is 2.85. The number of nitrogens with zero attached hydrogens (tertiary/aromatic N) is 2. The largest absolute Gasteiger partial charge is 0.369 e. The van der Waals surface area contributed by atoms with Gasteiger partial charge in [-0.2, -0.15) is 0 Å². The molecule has 27 heavy (non-hydrogen) atoms. The Morgan fingerprint density at radius 1 is 1.33 bits per heavy atom. The number of carbonyl (C=O) groups excluding carboxylic acids is 2. The van der Waals surface area contributed by atoms with Gasteiger partial charge in [0.2, 0.25) is 11.8 Å². The predicted molar refractivity (Wildman–Crippen MR) is 96.5 cm³/mol. The maximum atomic E-state index is 13.9. The summed E-state index contributed by atoms with van der Waals surface area (Å²) in [5.74, 6) is -0.879. The van der Waals surface area contributed by atoms with Crippen LogP contribution < -0.4 is 11.1 Å². The zero-order valence-corrected chi connectivity index (χ0v) is 14.9. The minimum absolute atomic E-state index is 0.0206. The van der Waals surface area contributed by atoms with Crippen LogP contribution in [0.2, 0.25) is 0 Å². The molecule has 0 saturated heterocycles. The van der Waals surface area contributed by atoms with Crippen molar-refractivity contribution in [1.29, 1.82) is 0 Å². The van der Waals surface area contributed by atoms with Crippen LogP contribution in [0.15, 0.2) is 40.2 Å². The molecule has 1 aliphatic carbocycles. The zero-order valence-electron chi connectivity index (χ0n) is 14.1. The zero-order chi connectivity index (χ0) is 19.0. The Kier molecular flexibility index (Phi) is 4.23. The highest BCUT2D eigenvalue weighted by Crippen LogP contribution is 2.49. The van der Waals surface area contributed by atoms with Gasteiger partial charge >= 0.3 is 0 Å². The second-order valence-corrected chi connectivity index (χ2v) is 7.24. The van der Waals surface area contributed by atoms with Gasteiger partial charge in [0.25, 0.3) is 0 Å². The summed E-state index contributed by atoms with van der Waals surface area (Å²) >= 11 is 1.22. The molecule has 0 atom stereocenters. The van der Waals surface area contributed by atoms with Crippen molar-refractivity contribution in [3.63, 3.8) is 0 Å². The Morgan fingerprint density at radius 3 is 2.81 bits per heavy atom. The van der Waals surface area contributed by atoms with E-state index in [1.165, 1.54) is 17.4 Å². The van der Waals surface area contributed by atoms with Crippen LogP contribution in [0.5, 0.6) is 0 Å². The molecule has 2 amide bonds.